The number of esters is 4. The SMILES string of the molecule is CCC(C)CCCCCCCCCCCCC(=O)O[C@H](COC(=O)CCCCCCCCCC(C)C)COP(=O)(O)OCC(O)COP(=O)(O)OC[C@@H](COC(=O)CCCCCCCCCCCCC(C)C)OC(=O)CCCCCCCCCCCCCCCCC(C)C. The lowest BCUT2D eigenvalue weighted by Crippen LogP contribution is -2.30. The number of aliphatic hydroxyl groups excluding tert-OH is 1. The molecule has 0 spiro atoms. The average molecular weight is 1380 g/mol. The predicted octanol–water partition coefficient (Wildman–Crippen LogP) is 21.7. The van der Waals surface area contributed by atoms with Crippen molar-refractivity contribution in [2.45, 2.75) is 395 Å². The Morgan fingerprint density at radius 2 is 0.511 bits per heavy atom. The summed E-state index contributed by atoms with van der Waals surface area (Å²) in [6.45, 7) is 14.2. The van der Waals surface area contributed by atoms with Gasteiger partial charge >= 0.3 is 39.5 Å². The summed E-state index contributed by atoms with van der Waals surface area (Å²) in [5.74, 6) is 0.939. The van der Waals surface area contributed by atoms with Crippen LogP contribution < -0.4 is 0 Å². The van der Waals surface area contributed by atoms with Crippen LogP contribution in [0.1, 0.15) is 376 Å². The van der Waals surface area contributed by atoms with Gasteiger partial charge < -0.3 is 33.8 Å². The van der Waals surface area contributed by atoms with Crippen LogP contribution in [0.3, 0.4) is 0 Å². The van der Waals surface area contributed by atoms with Crippen molar-refractivity contribution in [3.8, 4) is 0 Å². The van der Waals surface area contributed by atoms with E-state index in [1.54, 1.807) is 0 Å². The summed E-state index contributed by atoms with van der Waals surface area (Å²) < 4.78 is 68.5. The fourth-order valence-corrected chi connectivity index (χ4v) is 12.9. The van der Waals surface area contributed by atoms with Gasteiger partial charge in [0.05, 0.1) is 26.4 Å². The van der Waals surface area contributed by atoms with Crippen LogP contribution in [0.2, 0.25) is 0 Å². The summed E-state index contributed by atoms with van der Waals surface area (Å²) in [7, 11) is -9.91. The number of rotatable bonds is 72. The van der Waals surface area contributed by atoms with E-state index in [4.69, 9.17) is 37.0 Å². The zero-order valence-electron chi connectivity index (χ0n) is 61.6. The van der Waals surface area contributed by atoms with Crippen LogP contribution in [0.5, 0.6) is 0 Å². The lowest BCUT2D eigenvalue weighted by molar-refractivity contribution is -0.161. The van der Waals surface area contributed by atoms with Crippen molar-refractivity contribution in [3.05, 3.63) is 0 Å². The van der Waals surface area contributed by atoms with E-state index in [9.17, 15) is 43.2 Å². The minimum atomic E-state index is -4.96. The second-order valence-corrected chi connectivity index (χ2v) is 31.6. The van der Waals surface area contributed by atoms with E-state index < -0.39 is 97.5 Å². The van der Waals surface area contributed by atoms with Gasteiger partial charge in [-0.3, -0.25) is 37.3 Å². The highest BCUT2D eigenvalue weighted by molar-refractivity contribution is 7.47. The van der Waals surface area contributed by atoms with E-state index in [2.05, 4.69) is 55.4 Å². The molecule has 94 heavy (non-hydrogen) atoms. The van der Waals surface area contributed by atoms with Crippen LogP contribution in [-0.2, 0) is 65.4 Å². The van der Waals surface area contributed by atoms with E-state index in [0.29, 0.717) is 31.6 Å². The Kier molecular flexibility index (Phi) is 63.1. The second kappa shape index (κ2) is 64.4. The number of hydrogen-bond donors (Lipinski definition) is 3. The Balaban J connectivity index is 5.26. The smallest absolute Gasteiger partial charge is 0.462 e. The molecule has 0 aliphatic rings. The molecular formula is C75H146O17P2. The van der Waals surface area contributed by atoms with E-state index in [1.165, 1.54) is 173 Å². The quantitative estimate of drug-likeness (QED) is 0.0222. The zero-order valence-corrected chi connectivity index (χ0v) is 63.4. The summed E-state index contributed by atoms with van der Waals surface area (Å²) >= 11 is 0. The van der Waals surface area contributed by atoms with Gasteiger partial charge in [0.1, 0.15) is 19.3 Å². The third-order valence-electron chi connectivity index (χ3n) is 17.7. The maximum atomic E-state index is 13.1. The molecule has 558 valence electrons. The van der Waals surface area contributed by atoms with Gasteiger partial charge in [-0.25, -0.2) is 9.13 Å². The molecule has 0 aliphatic heterocycles. The van der Waals surface area contributed by atoms with Crippen molar-refractivity contribution in [1.29, 1.82) is 0 Å². The molecule has 19 heteroatoms. The molecule has 3 N–H and O–H groups in total. The van der Waals surface area contributed by atoms with Crippen molar-refractivity contribution in [2.75, 3.05) is 39.6 Å². The van der Waals surface area contributed by atoms with Gasteiger partial charge in [-0.1, -0.05) is 325 Å². The summed E-state index contributed by atoms with van der Waals surface area (Å²) in [5, 5.41) is 10.6. The number of carbonyl (C=O) groups is 4. The lowest BCUT2D eigenvalue weighted by Gasteiger charge is -2.21. The number of ether oxygens (including phenoxy) is 4. The number of unbranched alkanes of at least 4 members (excludes halogenated alkanes) is 37. The van der Waals surface area contributed by atoms with Gasteiger partial charge in [0.25, 0.3) is 0 Å². The highest BCUT2D eigenvalue weighted by atomic mass is 31.2. The molecule has 0 aromatic rings. The number of aliphatic hydroxyl groups is 1. The molecule has 0 heterocycles. The van der Waals surface area contributed by atoms with Crippen molar-refractivity contribution >= 4 is 39.5 Å². The Morgan fingerprint density at radius 1 is 0.298 bits per heavy atom. The van der Waals surface area contributed by atoms with Gasteiger partial charge in [-0.2, -0.15) is 0 Å². The summed E-state index contributed by atoms with van der Waals surface area (Å²) in [4.78, 5) is 72.8. The number of phosphoric acid groups is 2. The summed E-state index contributed by atoms with van der Waals surface area (Å²) in [6, 6.07) is 0. The number of phosphoric ester groups is 2. The normalized spacial score (nSPS) is 14.4. The second-order valence-electron chi connectivity index (χ2n) is 28.7. The fraction of sp³-hybridized carbons (Fsp3) is 0.947. The Morgan fingerprint density at radius 3 is 0.755 bits per heavy atom. The van der Waals surface area contributed by atoms with E-state index >= 15 is 0 Å². The molecule has 0 rings (SSSR count). The third kappa shape index (κ3) is 67.3. The Bertz CT molecular complexity index is 1850. The maximum absolute atomic E-state index is 13.1. The van der Waals surface area contributed by atoms with Gasteiger partial charge in [0.15, 0.2) is 12.2 Å². The molecule has 0 aromatic heterocycles. The Labute approximate surface area is 575 Å². The standard InChI is InChI=1S/C75H146O17P2/c1-9-68(8)54-46-38-30-22-17-19-25-33-42-50-58-75(80)92-71(62-86-73(78)56-48-40-34-26-29-37-45-53-67(6)7)64-90-94(83,84)88-60-69(76)59-87-93(81,82)89-63-70(61-85-72(77)55-47-39-31-23-18-16-21-28-36-44-52-66(4)5)91-74(79)57-49-41-32-24-15-13-11-10-12-14-20-27-35-43-51-65(2)3/h65-71,76H,9-64H2,1-8H3,(H,81,82)(H,83,84)/t68?,69?,70-,71-/m1/s1. The topological polar surface area (TPSA) is 237 Å². The largest absolute Gasteiger partial charge is 0.472 e. The molecule has 0 saturated heterocycles. The molecule has 0 amide bonds. The molecule has 6 atom stereocenters. The predicted molar refractivity (Wildman–Crippen MR) is 381 cm³/mol. The van der Waals surface area contributed by atoms with Gasteiger partial charge in [0, 0.05) is 25.7 Å². The summed E-state index contributed by atoms with van der Waals surface area (Å²) in [6.07, 6.45) is 48.5. The van der Waals surface area contributed by atoms with E-state index in [1.807, 2.05) is 0 Å². The molecule has 4 unspecified atom stereocenters. The third-order valence-corrected chi connectivity index (χ3v) is 19.6. The average Bonchev–Trinajstić information content (AvgIpc) is 1.12. The first-order chi connectivity index (χ1) is 45.1. The first-order valence-electron chi connectivity index (χ1n) is 38.7. The van der Waals surface area contributed by atoms with Crippen LogP contribution >= 0.6 is 15.6 Å². The van der Waals surface area contributed by atoms with E-state index in [-0.39, 0.29) is 25.7 Å². The first kappa shape index (κ1) is 92.1. The maximum Gasteiger partial charge on any atom is 0.472 e. The minimum absolute atomic E-state index is 0.105. The highest BCUT2D eigenvalue weighted by Crippen LogP contribution is 2.45. The van der Waals surface area contributed by atoms with Crippen LogP contribution in [0.15, 0.2) is 0 Å². The first-order valence-corrected chi connectivity index (χ1v) is 41.7. The Hall–Kier alpha value is -1.94. The molecule has 17 nitrogen and oxygen atoms in total. The zero-order chi connectivity index (χ0) is 69.6. The van der Waals surface area contributed by atoms with Crippen LogP contribution in [0.25, 0.3) is 0 Å². The van der Waals surface area contributed by atoms with Crippen molar-refractivity contribution in [1.82, 2.24) is 0 Å². The van der Waals surface area contributed by atoms with Crippen LogP contribution in [0, 0.1) is 23.7 Å². The number of carbonyl (C=O) groups excluding carboxylic acids is 4. The fourth-order valence-electron chi connectivity index (χ4n) is 11.3. The molecule has 0 aromatic carbocycles. The highest BCUT2D eigenvalue weighted by Gasteiger charge is 2.30. The molecule has 0 saturated carbocycles. The summed E-state index contributed by atoms with van der Waals surface area (Å²) in [5.41, 5.74) is 0. The lowest BCUT2D eigenvalue weighted by atomic mass is 9.99. The van der Waals surface area contributed by atoms with Crippen LogP contribution in [0.4, 0.5) is 0 Å². The van der Waals surface area contributed by atoms with Gasteiger partial charge in [0.2, 0.25) is 0 Å². The van der Waals surface area contributed by atoms with Crippen LogP contribution in [-0.4, -0.2) is 96.7 Å². The molecular weight excluding hydrogens is 1230 g/mol. The molecule has 0 aliphatic carbocycles. The van der Waals surface area contributed by atoms with Gasteiger partial charge in [-0.15, -0.1) is 0 Å². The van der Waals surface area contributed by atoms with Gasteiger partial charge in [-0.05, 0) is 49.4 Å². The monoisotopic (exact) mass is 1380 g/mol. The molecule has 0 radical (unpaired) electrons. The van der Waals surface area contributed by atoms with E-state index in [0.717, 1.165) is 114 Å². The van der Waals surface area contributed by atoms with Crippen molar-refractivity contribution in [3.63, 3.8) is 0 Å². The van der Waals surface area contributed by atoms with Crippen molar-refractivity contribution in [2.24, 2.45) is 23.7 Å². The minimum Gasteiger partial charge on any atom is -0.462 e. The van der Waals surface area contributed by atoms with Crippen molar-refractivity contribution < 1.29 is 80.2 Å². The molecule has 0 bridgehead atoms. The molecule has 0 fully saturated rings. The number of hydrogen-bond acceptors (Lipinski definition) is 15.